The van der Waals surface area contributed by atoms with Gasteiger partial charge in [-0.2, -0.15) is 0 Å². The highest BCUT2D eigenvalue weighted by Gasteiger charge is 2.26. The maximum absolute atomic E-state index is 12.8. The highest BCUT2D eigenvalue weighted by atomic mass is 32.1. The molecule has 0 atom stereocenters. The fourth-order valence-corrected chi connectivity index (χ4v) is 4.90. The molecule has 0 fully saturated rings. The summed E-state index contributed by atoms with van der Waals surface area (Å²) in [4.78, 5) is 26.5. The molecule has 2 aromatic heterocycles. The van der Waals surface area contributed by atoms with Gasteiger partial charge in [0.15, 0.2) is 5.82 Å². The van der Waals surface area contributed by atoms with Crippen molar-refractivity contribution < 1.29 is 14.3 Å². The molecule has 0 radical (unpaired) electrons. The molecule has 2 N–H and O–H groups in total. The fraction of sp³-hybridized carbons (Fsp3) is 0.381. The molecule has 0 unspecified atom stereocenters. The minimum atomic E-state index is -0.259. The van der Waals surface area contributed by atoms with Gasteiger partial charge in [0.05, 0.1) is 5.56 Å². The third-order valence-corrected chi connectivity index (χ3v) is 6.45. The normalized spacial score (nSPS) is 12.8. The van der Waals surface area contributed by atoms with Gasteiger partial charge < -0.3 is 15.4 Å². The molecule has 1 aromatic carbocycles. The van der Waals surface area contributed by atoms with Crippen molar-refractivity contribution in [2.45, 2.75) is 45.8 Å². The molecule has 1 aliphatic carbocycles. The lowest BCUT2D eigenvalue weighted by atomic mass is 9.95. The van der Waals surface area contributed by atoms with Crippen LogP contribution in [0.3, 0.4) is 0 Å². The summed E-state index contributed by atoms with van der Waals surface area (Å²) >= 11 is 1.50. The Labute approximate surface area is 183 Å². The quantitative estimate of drug-likeness (QED) is 0.584. The fourth-order valence-electron chi connectivity index (χ4n) is 3.62. The Balaban J connectivity index is 1.45. The number of ether oxygens (including phenoxy) is 1. The van der Waals surface area contributed by atoms with Gasteiger partial charge in [-0.3, -0.25) is 9.59 Å². The average molecular weight is 441 g/mol. The van der Waals surface area contributed by atoms with E-state index in [1.54, 1.807) is 36.0 Å². The molecule has 0 spiro atoms. The number of fused-ring (bicyclic) bond motifs is 1. The second-order valence-corrected chi connectivity index (χ2v) is 8.28. The average Bonchev–Trinajstić information content (AvgIpc) is 3.41. The lowest BCUT2D eigenvalue weighted by molar-refractivity contribution is 0.0963. The molecular weight excluding hydrogens is 416 g/mol. The number of nitrogens with one attached hydrogen (secondary N) is 2. The Bertz CT molecular complexity index is 1090. The van der Waals surface area contributed by atoms with Crippen LogP contribution in [0.25, 0.3) is 0 Å². The molecule has 3 aromatic rings. The van der Waals surface area contributed by atoms with E-state index in [9.17, 15) is 9.59 Å². The summed E-state index contributed by atoms with van der Waals surface area (Å²) in [6, 6.07) is 6.85. The molecule has 0 saturated heterocycles. The van der Waals surface area contributed by atoms with E-state index in [0.717, 1.165) is 31.2 Å². The summed E-state index contributed by atoms with van der Waals surface area (Å²) < 4.78 is 7.38. The van der Waals surface area contributed by atoms with Crippen LogP contribution >= 0.6 is 11.3 Å². The van der Waals surface area contributed by atoms with Crippen molar-refractivity contribution in [3.63, 3.8) is 0 Å². The van der Waals surface area contributed by atoms with Gasteiger partial charge in [-0.1, -0.05) is 0 Å². The standard InChI is InChI=1S/C21H24N6O3S/c1-3-27-17(24-25-26-27)12-30-14-10-8-13(9-11-14)19(28)23-21-18(20(29)22-2)15-6-4-5-7-16(15)31-21/h8-11H,3-7,12H2,1-2H3,(H,22,29)(H,23,28). The van der Waals surface area contributed by atoms with Crippen molar-refractivity contribution in [2.24, 2.45) is 0 Å². The molecule has 0 aliphatic heterocycles. The van der Waals surface area contributed by atoms with Crippen LogP contribution in [0.2, 0.25) is 0 Å². The van der Waals surface area contributed by atoms with Gasteiger partial charge in [0, 0.05) is 24.0 Å². The van der Waals surface area contributed by atoms with Crippen LogP contribution in [-0.4, -0.2) is 39.1 Å². The molecule has 1 aliphatic rings. The van der Waals surface area contributed by atoms with Crippen molar-refractivity contribution in [2.75, 3.05) is 12.4 Å². The smallest absolute Gasteiger partial charge is 0.256 e. The van der Waals surface area contributed by atoms with Crippen LogP contribution in [0.15, 0.2) is 24.3 Å². The van der Waals surface area contributed by atoms with Crippen molar-refractivity contribution in [1.82, 2.24) is 25.5 Å². The highest BCUT2D eigenvalue weighted by Crippen LogP contribution is 2.38. The Hall–Kier alpha value is -3.27. The van der Waals surface area contributed by atoms with E-state index in [2.05, 4.69) is 26.2 Å². The number of anilines is 1. The lowest BCUT2D eigenvalue weighted by Gasteiger charge is -2.12. The second kappa shape index (κ2) is 9.25. The van der Waals surface area contributed by atoms with E-state index >= 15 is 0 Å². The SMILES string of the molecule is CCn1nnnc1COc1ccc(C(=O)Nc2sc3c(c2C(=O)NC)CCCC3)cc1. The first kappa shape index (κ1) is 21.0. The lowest BCUT2D eigenvalue weighted by Crippen LogP contribution is -2.22. The van der Waals surface area contributed by atoms with E-state index in [-0.39, 0.29) is 18.4 Å². The first-order valence-corrected chi connectivity index (χ1v) is 11.1. The van der Waals surface area contributed by atoms with Gasteiger partial charge >= 0.3 is 0 Å². The number of benzene rings is 1. The summed E-state index contributed by atoms with van der Waals surface area (Å²) in [5.41, 5.74) is 2.16. The van der Waals surface area contributed by atoms with E-state index < -0.39 is 0 Å². The molecule has 2 heterocycles. The number of tetrazole rings is 1. The van der Waals surface area contributed by atoms with Gasteiger partial charge in [-0.25, -0.2) is 4.68 Å². The molecule has 10 heteroatoms. The number of thiophene rings is 1. The Morgan fingerprint density at radius 3 is 2.68 bits per heavy atom. The summed E-state index contributed by atoms with van der Waals surface area (Å²) in [5.74, 6) is 0.825. The zero-order chi connectivity index (χ0) is 21.8. The zero-order valence-electron chi connectivity index (χ0n) is 17.5. The first-order valence-electron chi connectivity index (χ1n) is 10.3. The maximum atomic E-state index is 12.8. The van der Waals surface area contributed by atoms with Gasteiger partial charge in [0.1, 0.15) is 17.4 Å². The molecule has 0 saturated carbocycles. The Morgan fingerprint density at radius 1 is 1.16 bits per heavy atom. The van der Waals surface area contributed by atoms with Crippen LogP contribution in [0.5, 0.6) is 5.75 Å². The van der Waals surface area contributed by atoms with Gasteiger partial charge in [-0.05, 0) is 72.9 Å². The van der Waals surface area contributed by atoms with E-state index in [1.807, 2.05) is 6.92 Å². The van der Waals surface area contributed by atoms with Crippen molar-refractivity contribution in [3.8, 4) is 5.75 Å². The number of carbonyl (C=O) groups is 2. The number of hydrogen-bond donors (Lipinski definition) is 2. The molecular formula is C21H24N6O3S. The summed E-state index contributed by atoms with van der Waals surface area (Å²) in [6.07, 6.45) is 4.00. The number of amides is 2. The van der Waals surface area contributed by atoms with Crippen molar-refractivity contribution >= 4 is 28.2 Å². The maximum Gasteiger partial charge on any atom is 0.256 e. The third kappa shape index (κ3) is 4.43. The van der Waals surface area contributed by atoms with Gasteiger partial charge in [0.25, 0.3) is 11.8 Å². The molecule has 0 bridgehead atoms. The van der Waals surface area contributed by atoms with E-state index in [4.69, 9.17) is 4.74 Å². The van der Waals surface area contributed by atoms with E-state index in [0.29, 0.717) is 34.2 Å². The second-order valence-electron chi connectivity index (χ2n) is 7.17. The van der Waals surface area contributed by atoms with Crippen molar-refractivity contribution in [1.29, 1.82) is 0 Å². The molecule has 9 nitrogen and oxygen atoms in total. The van der Waals surface area contributed by atoms with Gasteiger partial charge in [-0.15, -0.1) is 16.4 Å². The molecule has 4 rings (SSSR count). The largest absolute Gasteiger partial charge is 0.486 e. The van der Waals surface area contributed by atoms with Crippen LogP contribution in [0, 0.1) is 0 Å². The summed E-state index contributed by atoms with van der Waals surface area (Å²) in [7, 11) is 1.61. The minimum Gasteiger partial charge on any atom is -0.486 e. The monoisotopic (exact) mass is 440 g/mol. The predicted molar refractivity (Wildman–Crippen MR) is 117 cm³/mol. The number of nitrogens with zero attached hydrogens (tertiary/aromatic N) is 4. The number of carbonyl (C=O) groups excluding carboxylic acids is 2. The number of rotatable bonds is 7. The Kier molecular flexibility index (Phi) is 6.26. The first-order chi connectivity index (χ1) is 15.1. The predicted octanol–water partition coefficient (Wildman–Crippen LogP) is 2.82. The van der Waals surface area contributed by atoms with Crippen molar-refractivity contribution in [3.05, 3.63) is 51.7 Å². The summed E-state index contributed by atoms with van der Waals surface area (Å²) in [6.45, 7) is 2.85. The number of aromatic nitrogens is 4. The van der Waals surface area contributed by atoms with Crippen LogP contribution in [-0.2, 0) is 26.0 Å². The molecule has 31 heavy (non-hydrogen) atoms. The van der Waals surface area contributed by atoms with Crippen LogP contribution in [0.1, 0.15) is 56.7 Å². The van der Waals surface area contributed by atoms with Crippen LogP contribution in [0.4, 0.5) is 5.00 Å². The molecule has 2 amide bonds. The Morgan fingerprint density at radius 2 is 1.94 bits per heavy atom. The zero-order valence-corrected chi connectivity index (χ0v) is 18.3. The van der Waals surface area contributed by atoms with E-state index in [1.165, 1.54) is 16.2 Å². The topological polar surface area (TPSA) is 111 Å². The van der Waals surface area contributed by atoms with Gasteiger partial charge in [0.2, 0.25) is 0 Å². The highest BCUT2D eigenvalue weighted by molar-refractivity contribution is 7.17. The van der Waals surface area contributed by atoms with Crippen LogP contribution < -0.4 is 15.4 Å². The summed E-state index contributed by atoms with van der Waals surface area (Å²) in [5, 5.41) is 17.7. The minimum absolute atomic E-state index is 0.159. The molecule has 162 valence electrons. The third-order valence-electron chi connectivity index (χ3n) is 5.24. The number of hydrogen-bond acceptors (Lipinski definition) is 7. The number of aryl methyl sites for hydroxylation is 2.